The van der Waals surface area contributed by atoms with Gasteiger partial charge in [-0.15, -0.1) is 0 Å². The molecule has 0 spiro atoms. The van der Waals surface area contributed by atoms with Gasteiger partial charge in [-0.05, 0) is 43.5 Å². The van der Waals surface area contributed by atoms with Crippen LogP contribution in [0.15, 0.2) is 53.4 Å². The van der Waals surface area contributed by atoms with Gasteiger partial charge in [-0.3, -0.25) is 4.79 Å². The van der Waals surface area contributed by atoms with Crippen molar-refractivity contribution in [3.05, 3.63) is 59.7 Å². The molecule has 1 saturated heterocycles. The second kappa shape index (κ2) is 9.21. The summed E-state index contributed by atoms with van der Waals surface area (Å²) in [6, 6.07) is 14.6. The molecule has 1 heterocycles. The lowest BCUT2D eigenvalue weighted by molar-refractivity contribution is -0.119. The van der Waals surface area contributed by atoms with E-state index in [0.717, 1.165) is 24.8 Å². The summed E-state index contributed by atoms with van der Waals surface area (Å²) in [5.74, 6) is -0.148. The lowest BCUT2D eigenvalue weighted by atomic mass is 10.1. The molecule has 3 rings (SSSR count). The highest BCUT2D eigenvalue weighted by atomic mass is 32.2. The third-order valence-electron chi connectivity index (χ3n) is 4.85. The summed E-state index contributed by atoms with van der Waals surface area (Å²) in [5, 5.41) is 5.87. The highest BCUT2D eigenvalue weighted by Gasteiger charge is 2.25. The van der Waals surface area contributed by atoms with Gasteiger partial charge in [0.1, 0.15) is 0 Å². The summed E-state index contributed by atoms with van der Waals surface area (Å²) >= 11 is 0. The average Bonchev–Trinajstić information content (AvgIpc) is 2.72. The molecule has 0 atom stereocenters. The zero-order valence-electron chi connectivity index (χ0n) is 16.1. The van der Waals surface area contributed by atoms with Crippen LogP contribution in [0.1, 0.15) is 30.4 Å². The summed E-state index contributed by atoms with van der Waals surface area (Å²) in [7, 11) is -3.48. The second-order valence-corrected chi connectivity index (χ2v) is 9.05. The molecule has 2 aromatic carbocycles. The zero-order chi connectivity index (χ0) is 20.0. The number of anilines is 1. The first kappa shape index (κ1) is 20.4. The van der Waals surface area contributed by atoms with Crippen LogP contribution in [0.5, 0.6) is 0 Å². The van der Waals surface area contributed by atoms with Gasteiger partial charge < -0.3 is 10.6 Å². The molecule has 1 aliphatic heterocycles. The van der Waals surface area contributed by atoms with Crippen molar-refractivity contribution < 1.29 is 13.2 Å². The molecule has 1 aliphatic rings. The standard InChI is InChI=1S/C21H27N3O3S/c1-17-8-10-18(11-9-17)15-23-21(25)16-22-19-6-5-7-20(14-19)28(26,27)24-12-3-2-4-13-24/h5-11,14,22H,2-4,12-13,15-16H2,1H3,(H,23,25). The Bertz CT molecular complexity index is 905. The fraction of sp³-hybridized carbons (Fsp3) is 0.381. The number of aryl methyl sites for hydroxylation is 1. The Morgan fingerprint density at radius 3 is 2.46 bits per heavy atom. The van der Waals surface area contributed by atoms with E-state index in [2.05, 4.69) is 10.6 Å². The van der Waals surface area contributed by atoms with Crippen LogP contribution in [0.3, 0.4) is 0 Å². The van der Waals surface area contributed by atoms with Gasteiger partial charge in [0.2, 0.25) is 15.9 Å². The fourth-order valence-corrected chi connectivity index (χ4v) is 4.74. The van der Waals surface area contributed by atoms with E-state index in [4.69, 9.17) is 0 Å². The minimum Gasteiger partial charge on any atom is -0.376 e. The molecule has 0 bridgehead atoms. The Kier molecular flexibility index (Phi) is 6.70. The van der Waals surface area contributed by atoms with Gasteiger partial charge in [-0.1, -0.05) is 42.3 Å². The minimum absolute atomic E-state index is 0.0824. The Morgan fingerprint density at radius 2 is 1.75 bits per heavy atom. The first-order valence-corrected chi connectivity index (χ1v) is 11.1. The van der Waals surface area contributed by atoms with E-state index in [1.165, 1.54) is 5.56 Å². The van der Waals surface area contributed by atoms with Gasteiger partial charge in [-0.2, -0.15) is 4.31 Å². The average molecular weight is 402 g/mol. The van der Waals surface area contributed by atoms with E-state index in [1.54, 1.807) is 28.6 Å². The maximum Gasteiger partial charge on any atom is 0.243 e. The smallest absolute Gasteiger partial charge is 0.243 e. The number of sulfonamides is 1. The van der Waals surface area contributed by atoms with Crippen molar-refractivity contribution in [1.82, 2.24) is 9.62 Å². The van der Waals surface area contributed by atoms with E-state index in [9.17, 15) is 13.2 Å². The van der Waals surface area contributed by atoms with Crippen molar-refractivity contribution in [2.24, 2.45) is 0 Å². The molecule has 1 fully saturated rings. The molecular formula is C21H27N3O3S. The minimum atomic E-state index is -3.48. The summed E-state index contributed by atoms with van der Waals surface area (Å²) in [6.45, 7) is 3.71. The number of hydrogen-bond acceptors (Lipinski definition) is 4. The predicted molar refractivity (Wildman–Crippen MR) is 111 cm³/mol. The number of hydrogen-bond donors (Lipinski definition) is 2. The number of nitrogens with zero attached hydrogens (tertiary/aromatic N) is 1. The third kappa shape index (κ3) is 5.33. The van der Waals surface area contributed by atoms with Crippen LogP contribution in [0, 0.1) is 6.92 Å². The molecule has 28 heavy (non-hydrogen) atoms. The highest BCUT2D eigenvalue weighted by molar-refractivity contribution is 7.89. The molecular weight excluding hydrogens is 374 g/mol. The van der Waals surface area contributed by atoms with Gasteiger partial charge >= 0.3 is 0 Å². The van der Waals surface area contributed by atoms with Crippen LogP contribution in [0.4, 0.5) is 5.69 Å². The summed E-state index contributed by atoms with van der Waals surface area (Å²) in [4.78, 5) is 12.3. The van der Waals surface area contributed by atoms with Crippen LogP contribution in [-0.4, -0.2) is 38.3 Å². The largest absolute Gasteiger partial charge is 0.376 e. The van der Waals surface area contributed by atoms with Crippen LogP contribution in [0.2, 0.25) is 0 Å². The molecule has 0 aliphatic carbocycles. The van der Waals surface area contributed by atoms with E-state index in [-0.39, 0.29) is 17.3 Å². The van der Waals surface area contributed by atoms with Crippen molar-refractivity contribution in [3.63, 3.8) is 0 Å². The number of carbonyl (C=O) groups excluding carboxylic acids is 1. The Labute approximate surface area is 167 Å². The Hall–Kier alpha value is -2.38. The summed E-state index contributed by atoms with van der Waals surface area (Å²) < 4.78 is 27.1. The number of benzene rings is 2. The number of piperidine rings is 1. The van der Waals surface area contributed by atoms with Crippen molar-refractivity contribution in [3.8, 4) is 0 Å². The van der Waals surface area contributed by atoms with Crippen LogP contribution in [0.25, 0.3) is 0 Å². The normalized spacial score (nSPS) is 15.2. The van der Waals surface area contributed by atoms with Crippen LogP contribution < -0.4 is 10.6 Å². The first-order valence-electron chi connectivity index (χ1n) is 9.61. The van der Waals surface area contributed by atoms with E-state index in [0.29, 0.717) is 25.3 Å². The molecule has 0 unspecified atom stereocenters. The molecule has 0 aromatic heterocycles. The Balaban J connectivity index is 1.55. The highest BCUT2D eigenvalue weighted by Crippen LogP contribution is 2.22. The van der Waals surface area contributed by atoms with Gasteiger partial charge in [0.15, 0.2) is 0 Å². The predicted octanol–water partition coefficient (Wildman–Crippen LogP) is 2.90. The SMILES string of the molecule is Cc1ccc(CNC(=O)CNc2cccc(S(=O)(=O)N3CCCCC3)c2)cc1. The third-order valence-corrected chi connectivity index (χ3v) is 6.74. The molecule has 2 aromatic rings. The maximum absolute atomic E-state index is 12.8. The number of carbonyl (C=O) groups is 1. The number of rotatable bonds is 7. The zero-order valence-corrected chi connectivity index (χ0v) is 17.0. The van der Waals surface area contributed by atoms with Gasteiger partial charge in [0, 0.05) is 25.3 Å². The molecule has 0 saturated carbocycles. The number of nitrogens with one attached hydrogen (secondary N) is 2. The Morgan fingerprint density at radius 1 is 1.04 bits per heavy atom. The van der Waals surface area contributed by atoms with E-state index in [1.807, 2.05) is 31.2 Å². The molecule has 150 valence electrons. The second-order valence-electron chi connectivity index (χ2n) is 7.11. The first-order chi connectivity index (χ1) is 13.4. The van der Waals surface area contributed by atoms with Gasteiger partial charge in [0.05, 0.1) is 11.4 Å². The van der Waals surface area contributed by atoms with Crippen LogP contribution in [-0.2, 0) is 21.4 Å². The molecule has 7 heteroatoms. The van der Waals surface area contributed by atoms with E-state index < -0.39 is 10.0 Å². The van der Waals surface area contributed by atoms with Crippen molar-refractivity contribution in [1.29, 1.82) is 0 Å². The molecule has 6 nitrogen and oxygen atoms in total. The van der Waals surface area contributed by atoms with Crippen molar-refractivity contribution >= 4 is 21.6 Å². The lowest BCUT2D eigenvalue weighted by Gasteiger charge is -2.26. The van der Waals surface area contributed by atoms with Crippen molar-refractivity contribution in [2.75, 3.05) is 25.0 Å². The fourth-order valence-electron chi connectivity index (χ4n) is 3.17. The summed E-state index contributed by atoms with van der Waals surface area (Å²) in [5.41, 5.74) is 2.83. The summed E-state index contributed by atoms with van der Waals surface area (Å²) in [6.07, 6.45) is 2.88. The molecule has 0 radical (unpaired) electrons. The number of amides is 1. The molecule has 2 N–H and O–H groups in total. The lowest BCUT2D eigenvalue weighted by Crippen LogP contribution is -2.35. The monoisotopic (exact) mass is 401 g/mol. The molecule has 1 amide bonds. The van der Waals surface area contributed by atoms with Gasteiger partial charge in [0.25, 0.3) is 0 Å². The van der Waals surface area contributed by atoms with Crippen molar-refractivity contribution in [2.45, 2.75) is 37.6 Å². The van der Waals surface area contributed by atoms with Crippen LogP contribution >= 0.6 is 0 Å². The van der Waals surface area contributed by atoms with E-state index >= 15 is 0 Å². The van der Waals surface area contributed by atoms with Gasteiger partial charge in [-0.25, -0.2) is 8.42 Å². The maximum atomic E-state index is 12.8. The topological polar surface area (TPSA) is 78.5 Å². The quantitative estimate of drug-likeness (QED) is 0.748.